The summed E-state index contributed by atoms with van der Waals surface area (Å²) < 4.78 is 6.78. The summed E-state index contributed by atoms with van der Waals surface area (Å²) in [5.41, 5.74) is 5.54. The second-order valence-electron chi connectivity index (χ2n) is 8.33. The molecule has 2 bridgehead atoms. The first kappa shape index (κ1) is 16.2. The maximum atomic E-state index is 13.4. The van der Waals surface area contributed by atoms with E-state index in [-0.39, 0.29) is 22.5 Å². The van der Waals surface area contributed by atoms with Crippen LogP contribution in [0.1, 0.15) is 59.3 Å². The van der Waals surface area contributed by atoms with Gasteiger partial charge in [0, 0.05) is 24.2 Å². The van der Waals surface area contributed by atoms with E-state index < -0.39 is 5.97 Å². The number of rotatable bonds is 2. The van der Waals surface area contributed by atoms with Crippen molar-refractivity contribution < 1.29 is 9.53 Å². The average Bonchev–Trinajstić information content (AvgIpc) is 3.27. The Kier molecular flexibility index (Phi) is 2.98. The van der Waals surface area contributed by atoms with Crippen LogP contribution in [0.3, 0.4) is 0 Å². The second-order valence-corrected chi connectivity index (χ2v) is 8.33. The third kappa shape index (κ3) is 1.61. The lowest BCUT2D eigenvalue weighted by molar-refractivity contribution is 0.0598. The standard InChI is InChI=1S/C23H22N2O3/c1-3-13-12-24-9-8-23-17-6-4-5-7-18(17)25-20(23)15(14(13)11-19(23)24)10-16(21(25)26)22(27)28-2/h4-7,10,12,14,19H,3,8-9,11H2,1-2H3/t14-,19+,23-/m1/s1. The molecule has 6 rings (SSSR count). The predicted octanol–water partition coefficient (Wildman–Crippen LogP) is 3.09. The molecule has 1 aliphatic carbocycles. The van der Waals surface area contributed by atoms with Gasteiger partial charge in [0.2, 0.25) is 0 Å². The molecule has 1 fully saturated rings. The van der Waals surface area contributed by atoms with Crippen molar-refractivity contribution in [2.75, 3.05) is 13.7 Å². The minimum Gasteiger partial charge on any atom is -0.465 e. The zero-order valence-corrected chi connectivity index (χ0v) is 16.1. The average molecular weight is 374 g/mol. The van der Waals surface area contributed by atoms with Gasteiger partial charge in [-0.05, 0) is 54.3 Å². The Balaban J connectivity index is 1.78. The van der Waals surface area contributed by atoms with Crippen LogP contribution in [0, 0.1) is 0 Å². The molecule has 2 aromatic rings. The molecule has 1 spiro atoms. The molecular weight excluding hydrogens is 352 g/mol. The molecule has 0 N–H and O–H groups in total. The zero-order valence-electron chi connectivity index (χ0n) is 16.1. The predicted molar refractivity (Wildman–Crippen MR) is 105 cm³/mol. The summed E-state index contributed by atoms with van der Waals surface area (Å²) in [4.78, 5) is 28.4. The summed E-state index contributed by atoms with van der Waals surface area (Å²) in [5.74, 6) is -0.292. The number of nitrogens with zero attached hydrogens (tertiary/aromatic N) is 2. The van der Waals surface area contributed by atoms with Crippen LogP contribution in [0.4, 0.5) is 0 Å². The van der Waals surface area contributed by atoms with Crippen molar-refractivity contribution in [1.82, 2.24) is 9.47 Å². The Labute approximate surface area is 163 Å². The van der Waals surface area contributed by atoms with Crippen LogP contribution in [-0.4, -0.2) is 35.1 Å². The SMILES string of the molecule is CCC1=CN2CC[C@]34c5ccccc5-n5c3c(cc(C(=O)OC)c5=O)[C@@H]1C[C@H]24. The van der Waals surface area contributed by atoms with Gasteiger partial charge >= 0.3 is 5.97 Å². The molecule has 142 valence electrons. The van der Waals surface area contributed by atoms with E-state index in [1.54, 1.807) is 0 Å². The van der Waals surface area contributed by atoms with E-state index in [4.69, 9.17) is 4.74 Å². The maximum Gasteiger partial charge on any atom is 0.343 e. The molecule has 0 unspecified atom stereocenters. The number of esters is 1. The number of ether oxygens (including phenoxy) is 1. The number of hydrogen-bond acceptors (Lipinski definition) is 4. The van der Waals surface area contributed by atoms with Crippen LogP contribution >= 0.6 is 0 Å². The topological polar surface area (TPSA) is 51.5 Å². The van der Waals surface area contributed by atoms with Crippen molar-refractivity contribution in [3.8, 4) is 5.69 Å². The van der Waals surface area contributed by atoms with Crippen molar-refractivity contribution in [1.29, 1.82) is 0 Å². The number of para-hydroxylation sites is 1. The van der Waals surface area contributed by atoms with E-state index in [2.05, 4.69) is 30.2 Å². The number of benzene rings is 1. The lowest BCUT2D eigenvalue weighted by Gasteiger charge is -2.47. The van der Waals surface area contributed by atoms with Crippen molar-refractivity contribution >= 4 is 5.97 Å². The van der Waals surface area contributed by atoms with Crippen LogP contribution in [-0.2, 0) is 10.2 Å². The van der Waals surface area contributed by atoms with Gasteiger partial charge in [0.15, 0.2) is 0 Å². The molecule has 4 aliphatic rings. The second kappa shape index (κ2) is 5.16. The van der Waals surface area contributed by atoms with Gasteiger partial charge in [-0.15, -0.1) is 0 Å². The van der Waals surface area contributed by atoms with Crippen LogP contribution in [0.5, 0.6) is 0 Å². The smallest absolute Gasteiger partial charge is 0.343 e. The number of methoxy groups -OCH3 is 1. The number of allylic oxidation sites excluding steroid dienone is 1. The first-order chi connectivity index (χ1) is 13.6. The molecule has 0 amide bonds. The van der Waals surface area contributed by atoms with Gasteiger partial charge in [0.1, 0.15) is 5.56 Å². The Morgan fingerprint density at radius 1 is 1.32 bits per heavy atom. The summed E-state index contributed by atoms with van der Waals surface area (Å²) in [7, 11) is 1.34. The van der Waals surface area contributed by atoms with Crippen LogP contribution in [0.25, 0.3) is 5.69 Å². The van der Waals surface area contributed by atoms with E-state index in [1.807, 2.05) is 22.8 Å². The van der Waals surface area contributed by atoms with Gasteiger partial charge < -0.3 is 9.64 Å². The summed E-state index contributed by atoms with van der Waals surface area (Å²) in [6.45, 7) is 3.19. The summed E-state index contributed by atoms with van der Waals surface area (Å²) in [5, 5.41) is 0. The van der Waals surface area contributed by atoms with Crippen LogP contribution in [0.2, 0.25) is 0 Å². The van der Waals surface area contributed by atoms with Crippen molar-refractivity contribution in [3.05, 3.63) is 74.8 Å². The maximum absolute atomic E-state index is 13.4. The largest absolute Gasteiger partial charge is 0.465 e. The Hall–Kier alpha value is -2.82. The highest BCUT2D eigenvalue weighted by Gasteiger charge is 2.60. The molecule has 4 heterocycles. The summed E-state index contributed by atoms with van der Waals surface area (Å²) in [6, 6.07) is 10.4. The molecule has 3 aliphatic heterocycles. The first-order valence-electron chi connectivity index (χ1n) is 10.1. The molecule has 1 aromatic carbocycles. The van der Waals surface area contributed by atoms with Gasteiger partial charge in [-0.25, -0.2) is 4.79 Å². The van der Waals surface area contributed by atoms with Gasteiger partial charge in [0.05, 0.1) is 18.2 Å². The fraction of sp³-hybridized carbons (Fsp3) is 0.391. The molecule has 3 atom stereocenters. The highest BCUT2D eigenvalue weighted by molar-refractivity contribution is 5.90. The fourth-order valence-electron chi connectivity index (χ4n) is 6.35. The van der Waals surface area contributed by atoms with Crippen LogP contribution < -0.4 is 5.56 Å². The number of carbonyl (C=O) groups is 1. The first-order valence-corrected chi connectivity index (χ1v) is 10.1. The lowest BCUT2D eigenvalue weighted by Crippen LogP contribution is -2.49. The fourth-order valence-corrected chi connectivity index (χ4v) is 6.35. The molecule has 0 radical (unpaired) electrons. The normalized spacial score (nSPS) is 27.9. The Morgan fingerprint density at radius 3 is 2.93 bits per heavy atom. The minimum atomic E-state index is -0.553. The number of hydrogen-bond donors (Lipinski definition) is 0. The van der Waals surface area contributed by atoms with Gasteiger partial charge in [-0.1, -0.05) is 25.1 Å². The molecule has 5 nitrogen and oxygen atoms in total. The van der Waals surface area contributed by atoms with Gasteiger partial charge in [0.25, 0.3) is 5.56 Å². The van der Waals surface area contributed by atoms with Gasteiger partial charge in [-0.2, -0.15) is 0 Å². The third-order valence-electron chi connectivity index (χ3n) is 7.44. The zero-order chi connectivity index (χ0) is 19.2. The van der Waals surface area contributed by atoms with Gasteiger partial charge in [-0.3, -0.25) is 9.36 Å². The summed E-state index contributed by atoms with van der Waals surface area (Å²) in [6.07, 6.45) is 5.36. The van der Waals surface area contributed by atoms with Crippen molar-refractivity contribution in [2.45, 2.75) is 43.6 Å². The molecule has 5 heteroatoms. The quantitative estimate of drug-likeness (QED) is 0.758. The summed E-state index contributed by atoms with van der Waals surface area (Å²) >= 11 is 0. The Morgan fingerprint density at radius 2 is 2.14 bits per heavy atom. The van der Waals surface area contributed by atoms with E-state index in [0.29, 0.717) is 6.04 Å². The van der Waals surface area contributed by atoms with Crippen molar-refractivity contribution in [3.63, 3.8) is 0 Å². The number of fused-ring (bicyclic) bond motifs is 4. The van der Waals surface area contributed by atoms with E-state index in [0.717, 1.165) is 42.8 Å². The van der Waals surface area contributed by atoms with Crippen molar-refractivity contribution in [2.24, 2.45) is 0 Å². The monoisotopic (exact) mass is 374 g/mol. The molecule has 1 aromatic heterocycles. The highest BCUT2D eigenvalue weighted by atomic mass is 16.5. The molecular formula is C23H22N2O3. The minimum absolute atomic E-state index is 0.141. The molecule has 28 heavy (non-hydrogen) atoms. The molecule has 1 saturated heterocycles. The number of aromatic nitrogens is 1. The third-order valence-corrected chi connectivity index (χ3v) is 7.44. The number of carbonyl (C=O) groups excluding carboxylic acids is 1. The lowest BCUT2D eigenvalue weighted by atomic mass is 9.61. The van der Waals surface area contributed by atoms with E-state index in [1.165, 1.54) is 18.2 Å². The number of pyridine rings is 1. The van der Waals surface area contributed by atoms with E-state index >= 15 is 0 Å². The Bertz CT molecular complexity index is 1150. The van der Waals surface area contributed by atoms with E-state index in [9.17, 15) is 9.59 Å². The van der Waals surface area contributed by atoms with Crippen LogP contribution in [0.15, 0.2) is 46.9 Å². The molecule has 0 saturated carbocycles. The highest BCUT2D eigenvalue weighted by Crippen LogP contribution is 2.61.